The molecule has 0 N–H and O–H groups in total. The van der Waals surface area contributed by atoms with Crippen LogP contribution in [0.2, 0.25) is 0 Å². The highest BCUT2D eigenvalue weighted by atomic mass is 32.1. The molecule has 0 aliphatic heterocycles. The maximum absolute atomic E-state index is 4.49. The van der Waals surface area contributed by atoms with Crippen molar-refractivity contribution in [2.75, 3.05) is 0 Å². The molecule has 0 atom stereocenters. The molecule has 0 amide bonds. The Morgan fingerprint density at radius 3 is 2.48 bits per heavy atom. The molecule has 0 aliphatic rings. The van der Waals surface area contributed by atoms with Gasteiger partial charge in [-0.15, -0.1) is 11.3 Å². The second kappa shape index (κ2) is 5.98. The molecule has 2 aromatic carbocycles. The first kappa shape index (κ1) is 14.2. The van der Waals surface area contributed by atoms with Gasteiger partial charge in [0.1, 0.15) is 0 Å². The molecule has 2 heterocycles. The van der Waals surface area contributed by atoms with Gasteiger partial charge in [-0.25, -0.2) is 0 Å². The first-order chi connectivity index (χ1) is 11.3. The first-order valence-corrected chi connectivity index (χ1v) is 8.64. The SMILES string of the molecule is Cc1ccc(-c2csc3c(Cc4ccccc4)cncc23)cc1. The van der Waals surface area contributed by atoms with Crippen molar-refractivity contribution in [1.29, 1.82) is 0 Å². The number of benzene rings is 2. The van der Waals surface area contributed by atoms with E-state index in [-0.39, 0.29) is 0 Å². The lowest BCUT2D eigenvalue weighted by Gasteiger charge is -2.04. The van der Waals surface area contributed by atoms with Gasteiger partial charge in [-0.1, -0.05) is 60.2 Å². The standard InChI is InChI=1S/C21H17NS/c1-15-7-9-17(10-8-15)20-14-23-21-18(12-22-13-19(20)21)11-16-5-3-2-4-6-16/h2-10,12-14H,11H2,1H3. The van der Waals surface area contributed by atoms with Crippen LogP contribution in [0.15, 0.2) is 72.4 Å². The highest BCUT2D eigenvalue weighted by Gasteiger charge is 2.10. The summed E-state index contributed by atoms with van der Waals surface area (Å²) < 4.78 is 1.35. The van der Waals surface area contributed by atoms with E-state index in [1.807, 2.05) is 23.7 Å². The number of aromatic nitrogens is 1. The van der Waals surface area contributed by atoms with Gasteiger partial charge in [0, 0.05) is 34.5 Å². The van der Waals surface area contributed by atoms with E-state index in [2.05, 4.69) is 71.9 Å². The van der Waals surface area contributed by atoms with Crippen LogP contribution in [0.4, 0.5) is 0 Å². The van der Waals surface area contributed by atoms with Gasteiger partial charge in [0.25, 0.3) is 0 Å². The monoisotopic (exact) mass is 315 g/mol. The zero-order valence-electron chi connectivity index (χ0n) is 13.0. The van der Waals surface area contributed by atoms with Gasteiger partial charge in [0.05, 0.1) is 0 Å². The molecule has 0 spiro atoms. The van der Waals surface area contributed by atoms with E-state index >= 15 is 0 Å². The first-order valence-electron chi connectivity index (χ1n) is 7.76. The molecular weight excluding hydrogens is 298 g/mol. The lowest BCUT2D eigenvalue weighted by atomic mass is 10.0. The Morgan fingerprint density at radius 1 is 0.913 bits per heavy atom. The molecule has 112 valence electrons. The van der Waals surface area contributed by atoms with Crippen LogP contribution in [0.3, 0.4) is 0 Å². The van der Waals surface area contributed by atoms with Crippen molar-refractivity contribution in [3.05, 3.63) is 89.1 Å². The maximum atomic E-state index is 4.49. The Kier molecular flexibility index (Phi) is 3.68. The average Bonchev–Trinajstić information content (AvgIpc) is 3.02. The molecular formula is C21H17NS. The lowest BCUT2D eigenvalue weighted by molar-refractivity contribution is 1.18. The third kappa shape index (κ3) is 2.78. The summed E-state index contributed by atoms with van der Waals surface area (Å²) >= 11 is 1.82. The van der Waals surface area contributed by atoms with Crippen LogP contribution in [-0.4, -0.2) is 4.98 Å². The summed E-state index contributed by atoms with van der Waals surface area (Å²) in [6, 6.07) is 19.3. The number of hydrogen-bond acceptors (Lipinski definition) is 2. The molecule has 1 nitrogen and oxygen atoms in total. The summed E-state index contributed by atoms with van der Waals surface area (Å²) in [6.07, 6.45) is 4.93. The number of aryl methyl sites for hydroxylation is 1. The summed E-state index contributed by atoms with van der Waals surface area (Å²) in [4.78, 5) is 4.49. The van der Waals surface area contributed by atoms with Crippen molar-refractivity contribution in [3.63, 3.8) is 0 Å². The zero-order chi connectivity index (χ0) is 15.6. The van der Waals surface area contributed by atoms with Gasteiger partial charge in [-0.05, 0) is 29.0 Å². The minimum atomic E-state index is 0.930. The van der Waals surface area contributed by atoms with E-state index in [0.717, 1.165) is 6.42 Å². The van der Waals surface area contributed by atoms with E-state index in [4.69, 9.17) is 0 Å². The molecule has 4 aromatic rings. The molecule has 0 fully saturated rings. The second-order valence-electron chi connectivity index (χ2n) is 5.85. The van der Waals surface area contributed by atoms with Gasteiger partial charge in [0.2, 0.25) is 0 Å². The van der Waals surface area contributed by atoms with Gasteiger partial charge in [-0.3, -0.25) is 4.98 Å². The largest absolute Gasteiger partial charge is 0.264 e. The van der Waals surface area contributed by atoms with Crippen molar-refractivity contribution < 1.29 is 0 Å². The van der Waals surface area contributed by atoms with Crippen molar-refractivity contribution in [1.82, 2.24) is 4.98 Å². The molecule has 0 saturated carbocycles. The fraction of sp³-hybridized carbons (Fsp3) is 0.0952. The summed E-state index contributed by atoms with van der Waals surface area (Å²) in [5.74, 6) is 0. The van der Waals surface area contributed by atoms with Crippen molar-refractivity contribution >= 4 is 21.4 Å². The Hall–Kier alpha value is -2.45. The fourth-order valence-electron chi connectivity index (χ4n) is 2.90. The van der Waals surface area contributed by atoms with Crippen LogP contribution < -0.4 is 0 Å². The average molecular weight is 315 g/mol. The summed E-state index contributed by atoms with van der Waals surface area (Å²) in [5, 5.41) is 3.51. The van der Waals surface area contributed by atoms with E-state index < -0.39 is 0 Å². The fourth-order valence-corrected chi connectivity index (χ4v) is 3.97. The van der Waals surface area contributed by atoms with E-state index in [1.165, 1.54) is 37.9 Å². The minimum absolute atomic E-state index is 0.930. The Labute approximate surface area is 140 Å². The van der Waals surface area contributed by atoms with Crippen LogP contribution >= 0.6 is 11.3 Å². The van der Waals surface area contributed by atoms with Crippen LogP contribution in [0.25, 0.3) is 21.2 Å². The maximum Gasteiger partial charge on any atom is 0.0415 e. The smallest absolute Gasteiger partial charge is 0.0415 e. The topological polar surface area (TPSA) is 12.9 Å². The molecule has 23 heavy (non-hydrogen) atoms. The Bertz CT molecular complexity index is 937. The highest BCUT2D eigenvalue weighted by Crippen LogP contribution is 2.36. The normalized spacial score (nSPS) is 11.0. The van der Waals surface area contributed by atoms with Gasteiger partial charge < -0.3 is 0 Å². The molecule has 0 saturated heterocycles. The Balaban J connectivity index is 1.79. The molecule has 0 unspecified atom stereocenters. The highest BCUT2D eigenvalue weighted by molar-refractivity contribution is 7.18. The van der Waals surface area contributed by atoms with Crippen LogP contribution in [0, 0.1) is 6.92 Å². The van der Waals surface area contributed by atoms with Crippen molar-refractivity contribution in [2.45, 2.75) is 13.3 Å². The summed E-state index contributed by atoms with van der Waals surface area (Å²) in [7, 11) is 0. The number of pyridine rings is 1. The second-order valence-corrected chi connectivity index (χ2v) is 6.73. The molecule has 0 aliphatic carbocycles. The van der Waals surface area contributed by atoms with Crippen LogP contribution in [0.1, 0.15) is 16.7 Å². The molecule has 4 rings (SSSR count). The molecule has 2 heteroatoms. The van der Waals surface area contributed by atoms with Crippen molar-refractivity contribution in [2.24, 2.45) is 0 Å². The minimum Gasteiger partial charge on any atom is -0.264 e. The molecule has 2 aromatic heterocycles. The molecule has 0 bridgehead atoms. The molecule has 0 radical (unpaired) electrons. The number of thiophene rings is 1. The lowest BCUT2D eigenvalue weighted by Crippen LogP contribution is -1.89. The van der Waals surface area contributed by atoms with Crippen molar-refractivity contribution in [3.8, 4) is 11.1 Å². The van der Waals surface area contributed by atoms with E-state index in [0.29, 0.717) is 0 Å². The van der Waals surface area contributed by atoms with Gasteiger partial charge in [0.15, 0.2) is 0 Å². The van der Waals surface area contributed by atoms with E-state index in [9.17, 15) is 0 Å². The quantitative estimate of drug-likeness (QED) is 0.461. The number of fused-ring (bicyclic) bond motifs is 1. The summed E-state index contributed by atoms with van der Waals surface area (Å²) in [5.41, 5.74) is 6.47. The van der Waals surface area contributed by atoms with Crippen LogP contribution in [-0.2, 0) is 6.42 Å². The zero-order valence-corrected chi connectivity index (χ0v) is 13.8. The van der Waals surface area contributed by atoms with Gasteiger partial charge in [-0.2, -0.15) is 0 Å². The predicted molar refractivity (Wildman–Crippen MR) is 99.0 cm³/mol. The summed E-state index contributed by atoms with van der Waals surface area (Å²) in [6.45, 7) is 2.12. The van der Waals surface area contributed by atoms with Gasteiger partial charge >= 0.3 is 0 Å². The number of nitrogens with zero attached hydrogens (tertiary/aromatic N) is 1. The third-order valence-electron chi connectivity index (χ3n) is 4.16. The third-order valence-corrected chi connectivity index (χ3v) is 5.23. The van der Waals surface area contributed by atoms with Crippen LogP contribution in [0.5, 0.6) is 0 Å². The predicted octanol–water partition coefficient (Wildman–Crippen LogP) is 5.86. The number of hydrogen-bond donors (Lipinski definition) is 0. The Morgan fingerprint density at radius 2 is 1.70 bits per heavy atom. The number of rotatable bonds is 3. The van der Waals surface area contributed by atoms with E-state index in [1.54, 1.807) is 0 Å².